The third-order valence-electron chi connectivity index (χ3n) is 3.32. The van der Waals surface area contributed by atoms with Crippen molar-refractivity contribution in [2.45, 2.75) is 11.3 Å². The Balaban J connectivity index is 2.00. The maximum Gasteiger partial charge on any atom is 0.231 e. The zero-order chi connectivity index (χ0) is 14.0. The molecule has 2 aromatic rings. The van der Waals surface area contributed by atoms with Gasteiger partial charge in [0.25, 0.3) is 0 Å². The first-order valence-corrected chi connectivity index (χ1v) is 7.27. The van der Waals surface area contributed by atoms with Gasteiger partial charge in [0, 0.05) is 24.4 Å². The molecule has 20 heavy (non-hydrogen) atoms. The number of hydrogen-bond acceptors (Lipinski definition) is 3. The number of carbonyl (C=O) groups is 1. The third-order valence-corrected chi connectivity index (χ3v) is 4.70. The standard InChI is InChI=1S/C15H13FN2OS/c16-13-6-2-1-4-11(13)8-15(18-14(19)10-20-15)12-5-3-7-17-9-12/h1-7,9H,8,10H2,(H,18,19). The third kappa shape index (κ3) is 2.41. The van der Waals surface area contributed by atoms with Crippen LogP contribution in [0.2, 0.25) is 0 Å². The number of rotatable bonds is 3. The van der Waals surface area contributed by atoms with Gasteiger partial charge in [-0.2, -0.15) is 0 Å². The summed E-state index contributed by atoms with van der Waals surface area (Å²) in [4.78, 5) is 15.1. The molecule has 5 heteroatoms. The van der Waals surface area contributed by atoms with Crippen molar-refractivity contribution in [2.75, 3.05) is 5.75 Å². The number of halogens is 1. The molecule has 1 amide bonds. The molecule has 102 valence electrons. The van der Waals surface area contributed by atoms with E-state index >= 15 is 0 Å². The highest BCUT2D eigenvalue weighted by Crippen LogP contribution is 2.40. The minimum absolute atomic E-state index is 0.0322. The molecule has 0 bridgehead atoms. The first kappa shape index (κ1) is 13.1. The summed E-state index contributed by atoms with van der Waals surface area (Å²) in [6, 6.07) is 10.4. The van der Waals surface area contributed by atoms with Crippen LogP contribution < -0.4 is 5.32 Å². The Morgan fingerprint density at radius 3 is 2.80 bits per heavy atom. The van der Waals surface area contributed by atoms with Gasteiger partial charge in [0.1, 0.15) is 10.7 Å². The lowest BCUT2D eigenvalue weighted by Crippen LogP contribution is -2.39. The predicted octanol–water partition coefficient (Wildman–Crippen LogP) is 2.48. The molecule has 0 spiro atoms. The number of nitrogens with zero attached hydrogens (tertiary/aromatic N) is 1. The largest absolute Gasteiger partial charge is 0.336 e. The second-order valence-electron chi connectivity index (χ2n) is 4.67. The number of benzene rings is 1. The minimum Gasteiger partial charge on any atom is -0.336 e. The van der Waals surface area contributed by atoms with Crippen molar-refractivity contribution >= 4 is 17.7 Å². The Labute approximate surface area is 120 Å². The minimum atomic E-state index is -0.631. The number of pyridine rings is 1. The summed E-state index contributed by atoms with van der Waals surface area (Å²) in [6.07, 6.45) is 3.81. The Bertz CT molecular complexity index is 635. The van der Waals surface area contributed by atoms with E-state index in [1.54, 1.807) is 30.6 Å². The van der Waals surface area contributed by atoms with E-state index in [-0.39, 0.29) is 11.7 Å². The zero-order valence-electron chi connectivity index (χ0n) is 10.7. The van der Waals surface area contributed by atoms with Crippen LogP contribution in [0.3, 0.4) is 0 Å². The van der Waals surface area contributed by atoms with Crippen molar-refractivity contribution in [1.82, 2.24) is 10.3 Å². The Hall–Kier alpha value is -1.88. The van der Waals surface area contributed by atoms with Gasteiger partial charge >= 0.3 is 0 Å². The summed E-state index contributed by atoms with van der Waals surface area (Å²) >= 11 is 1.49. The van der Waals surface area contributed by atoms with Crippen molar-refractivity contribution in [3.63, 3.8) is 0 Å². The molecule has 1 aromatic heterocycles. The van der Waals surface area contributed by atoms with E-state index in [0.717, 1.165) is 5.56 Å². The van der Waals surface area contributed by atoms with Gasteiger partial charge in [0.15, 0.2) is 0 Å². The number of amides is 1. The average molecular weight is 288 g/mol. The van der Waals surface area contributed by atoms with Crippen molar-refractivity contribution in [2.24, 2.45) is 0 Å². The molecular formula is C15H13FN2OS. The molecule has 1 aliphatic heterocycles. The fourth-order valence-electron chi connectivity index (χ4n) is 2.35. The second kappa shape index (κ2) is 5.25. The van der Waals surface area contributed by atoms with Crippen LogP contribution in [-0.2, 0) is 16.1 Å². The Morgan fingerprint density at radius 2 is 2.15 bits per heavy atom. The summed E-state index contributed by atoms with van der Waals surface area (Å²) in [6.45, 7) is 0. The lowest BCUT2D eigenvalue weighted by atomic mass is 9.99. The molecular weight excluding hydrogens is 275 g/mol. The maximum atomic E-state index is 13.9. The molecule has 0 radical (unpaired) electrons. The molecule has 1 aromatic carbocycles. The van der Waals surface area contributed by atoms with Crippen LogP contribution in [0.4, 0.5) is 4.39 Å². The van der Waals surface area contributed by atoms with Crippen LogP contribution in [0.15, 0.2) is 48.8 Å². The maximum absolute atomic E-state index is 13.9. The van der Waals surface area contributed by atoms with Crippen LogP contribution in [0.5, 0.6) is 0 Å². The first-order chi connectivity index (χ1) is 9.70. The fourth-order valence-corrected chi connectivity index (χ4v) is 3.53. The summed E-state index contributed by atoms with van der Waals surface area (Å²) in [5.41, 5.74) is 1.48. The molecule has 1 unspecified atom stereocenters. The van der Waals surface area contributed by atoms with Gasteiger partial charge in [-0.05, 0) is 17.7 Å². The van der Waals surface area contributed by atoms with Crippen molar-refractivity contribution < 1.29 is 9.18 Å². The highest BCUT2D eigenvalue weighted by Gasteiger charge is 2.41. The van der Waals surface area contributed by atoms with Gasteiger partial charge in [-0.1, -0.05) is 24.3 Å². The van der Waals surface area contributed by atoms with Crippen LogP contribution in [0.25, 0.3) is 0 Å². The molecule has 3 rings (SSSR count). The molecule has 1 fully saturated rings. The van der Waals surface area contributed by atoms with Crippen LogP contribution >= 0.6 is 11.8 Å². The first-order valence-electron chi connectivity index (χ1n) is 6.28. The number of nitrogens with one attached hydrogen (secondary N) is 1. The smallest absolute Gasteiger partial charge is 0.231 e. The van der Waals surface area contributed by atoms with Gasteiger partial charge in [-0.3, -0.25) is 9.78 Å². The molecule has 1 aliphatic rings. The number of hydrogen-bond donors (Lipinski definition) is 1. The normalized spacial score (nSPS) is 21.8. The average Bonchev–Trinajstić information content (AvgIpc) is 2.85. The van der Waals surface area contributed by atoms with Gasteiger partial charge < -0.3 is 5.32 Å². The number of aromatic nitrogens is 1. The monoisotopic (exact) mass is 288 g/mol. The quantitative estimate of drug-likeness (QED) is 0.943. The Kier molecular flexibility index (Phi) is 3.44. The van der Waals surface area contributed by atoms with Crippen LogP contribution in [0.1, 0.15) is 11.1 Å². The van der Waals surface area contributed by atoms with Gasteiger partial charge in [-0.15, -0.1) is 11.8 Å². The molecule has 3 nitrogen and oxygen atoms in total. The SMILES string of the molecule is O=C1CSC(Cc2ccccc2F)(c2cccnc2)N1. The topological polar surface area (TPSA) is 42.0 Å². The summed E-state index contributed by atoms with van der Waals surface area (Å²) in [5.74, 6) is 0.0938. The molecule has 0 saturated carbocycles. The van der Waals surface area contributed by atoms with E-state index in [2.05, 4.69) is 10.3 Å². The van der Waals surface area contributed by atoms with Gasteiger partial charge in [0.05, 0.1) is 5.75 Å². The second-order valence-corrected chi connectivity index (χ2v) is 5.95. The van der Waals surface area contributed by atoms with Gasteiger partial charge in [0.2, 0.25) is 5.91 Å². The van der Waals surface area contributed by atoms with Crippen molar-refractivity contribution in [1.29, 1.82) is 0 Å². The number of thioether (sulfide) groups is 1. The summed E-state index contributed by atoms with van der Waals surface area (Å²) in [7, 11) is 0. The lowest BCUT2D eigenvalue weighted by molar-refractivity contribution is -0.118. The zero-order valence-corrected chi connectivity index (χ0v) is 11.5. The van der Waals surface area contributed by atoms with Crippen LogP contribution in [-0.4, -0.2) is 16.6 Å². The van der Waals surface area contributed by atoms with E-state index in [1.165, 1.54) is 17.8 Å². The van der Waals surface area contributed by atoms with E-state index < -0.39 is 4.87 Å². The Morgan fingerprint density at radius 1 is 1.30 bits per heavy atom. The highest BCUT2D eigenvalue weighted by atomic mass is 32.2. The predicted molar refractivity (Wildman–Crippen MR) is 76.6 cm³/mol. The summed E-state index contributed by atoms with van der Waals surface area (Å²) in [5, 5.41) is 2.98. The van der Waals surface area contributed by atoms with E-state index in [9.17, 15) is 9.18 Å². The molecule has 0 aliphatic carbocycles. The highest BCUT2D eigenvalue weighted by molar-refractivity contribution is 8.01. The molecule has 1 saturated heterocycles. The molecule has 1 N–H and O–H groups in total. The number of carbonyl (C=O) groups excluding carboxylic acids is 1. The van der Waals surface area contributed by atoms with E-state index in [4.69, 9.17) is 0 Å². The van der Waals surface area contributed by atoms with Gasteiger partial charge in [-0.25, -0.2) is 4.39 Å². The van der Waals surface area contributed by atoms with Crippen molar-refractivity contribution in [3.8, 4) is 0 Å². The molecule has 1 atom stereocenters. The van der Waals surface area contributed by atoms with Crippen LogP contribution in [0, 0.1) is 5.82 Å². The summed E-state index contributed by atoms with van der Waals surface area (Å²) < 4.78 is 13.9. The molecule has 2 heterocycles. The van der Waals surface area contributed by atoms with Crippen molar-refractivity contribution in [3.05, 3.63) is 65.7 Å². The fraction of sp³-hybridized carbons (Fsp3) is 0.200. The van der Waals surface area contributed by atoms with E-state index in [1.807, 2.05) is 12.1 Å². The lowest BCUT2D eigenvalue weighted by Gasteiger charge is -2.28. The van der Waals surface area contributed by atoms with E-state index in [0.29, 0.717) is 17.7 Å².